The molecule has 2 fully saturated rings. The number of likely N-dealkylation sites (tertiary alicyclic amines) is 1. The second kappa shape index (κ2) is 9.85. The number of morpholine rings is 1. The molecule has 1 aromatic rings. The van der Waals surface area contributed by atoms with Crippen LogP contribution >= 0.6 is 11.8 Å². The molecule has 3 amide bonds. The molecule has 0 aromatic heterocycles. The molecule has 4 rings (SSSR count). The van der Waals surface area contributed by atoms with Crippen molar-refractivity contribution in [1.29, 1.82) is 0 Å². The summed E-state index contributed by atoms with van der Waals surface area (Å²) in [6.07, 6.45) is 3.43. The van der Waals surface area contributed by atoms with Gasteiger partial charge in [0.1, 0.15) is 5.25 Å². The van der Waals surface area contributed by atoms with Gasteiger partial charge in [0.2, 0.25) is 5.91 Å². The highest BCUT2D eigenvalue weighted by molar-refractivity contribution is 8.15. The zero-order chi connectivity index (χ0) is 23.6. The first-order valence-electron chi connectivity index (χ1n) is 11.6. The Morgan fingerprint density at radius 3 is 2.73 bits per heavy atom. The molecule has 3 aliphatic rings. The highest BCUT2D eigenvalue weighted by atomic mass is 32.2. The lowest BCUT2D eigenvalue weighted by Crippen LogP contribution is -2.53. The second-order valence-electron chi connectivity index (χ2n) is 9.59. The van der Waals surface area contributed by atoms with E-state index in [9.17, 15) is 14.4 Å². The number of carbonyl (C=O) groups is 3. The van der Waals surface area contributed by atoms with E-state index in [0.29, 0.717) is 24.3 Å². The largest absolute Gasteiger partial charge is 0.369 e. The average Bonchev–Trinajstić information content (AvgIpc) is 3.12. The number of nitrogens with zero attached hydrogens (tertiary/aromatic N) is 3. The molecule has 0 aliphatic carbocycles. The fraction of sp³-hybridized carbons (Fsp3) is 0.583. The van der Waals surface area contributed by atoms with Gasteiger partial charge >= 0.3 is 0 Å². The van der Waals surface area contributed by atoms with E-state index in [4.69, 9.17) is 4.74 Å². The number of amidine groups is 1. The molecule has 33 heavy (non-hydrogen) atoms. The van der Waals surface area contributed by atoms with Crippen LogP contribution in [0.2, 0.25) is 0 Å². The molecule has 1 N–H and O–H groups in total. The molecule has 2 atom stereocenters. The number of piperidine rings is 1. The number of amides is 3. The van der Waals surface area contributed by atoms with Gasteiger partial charge < -0.3 is 19.9 Å². The molecule has 178 valence electrons. The first-order chi connectivity index (χ1) is 15.7. The maximum atomic E-state index is 13.1. The molecule has 0 spiro atoms. The number of ether oxygens (including phenoxy) is 1. The summed E-state index contributed by atoms with van der Waals surface area (Å²) in [5, 5.41) is 3.09. The molecule has 3 aliphatic heterocycles. The number of aliphatic imine (C=N–C) groups is 1. The van der Waals surface area contributed by atoms with Crippen LogP contribution in [0.25, 0.3) is 0 Å². The zero-order valence-corrected chi connectivity index (χ0v) is 20.3. The van der Waals surface area contributed by atoms with Crippen LogP contribution in [0.1, 0.15) is 56.8 Å². The molecule has 0 radical (unpaired) electrons. The minimum absolute atomic E-state index is 0.0425. The van der Waals surface area contributed by atoms with Crippen molar-refractivity contribution in [3.8, 4) is 0 Å². The Balaban J connectivity index is 1.34. The summed E-state index contributed by atoms with van der Waals surface area (Å²) in [5.74, 6) is -0.596. The first-order valence-corrected chi connectivity index (χ1v) is 12.5. The van der Waals surface area contributed by atoms with Crippen molar-refractivity contribution in [3.63, 3.8) is 0 Å². The highest BCUT2D eigenvalue weighted by Crippen LogP contribution is 2.29. The lowest BCUT2D eigenvalue weighted by Gasteiger charge is -2.41. The standard InChI is InChI=1S/C24H32N4O4S/c1-16-14-28(15-24(2,3)32-16)22(31)17-8-7-9-18(12-17)25-20(29)13-19-21(30)26-23(33-19)27-10-5-4-6-11-27/h7-9,12,16,19H,4-6,10-11,13-15H2,1-3H3,(H,25,29). The van der Waals surface area contributed by atoms with Gasteiger partial charge in [0.25, 0.3) is 11.8 Å². The Morgan fingerprint density at radius 1 is 1.24 bits per heavy atom. The van der Waals surface area contributed by atoms with Crippen molar-refractivity contribution in [3.05, 3.63) is 29.8 Å². The van der Waals surface area contributed by atoms with Gasteiger partial charge in [-0.2, -0.15) is 4.99 Å². The number of benzene rings is 1. The summed E-state index contributed by atoms with van der Waals surface area (Å²) >= 11 is 1.38. The molecule has 9 heteroatoms. The third-order valence-corrected chi connectivity index (χ3v) is 7.19. The van der Waals surface area contributed by atoms with Crippen molar-refractivity contribution in [2.45, 2.75) is 63.4 Å². The smallest absolute Gasteiger partial charge is 0.262 e. The molecule has 8 nitrogen and oxygen atoms in total. The fourth-order valence-corrected chi connectivity index (χ4v) is 5.75. The van der Waals surface area contributed by atoms with Gasteiger partial charge in [-0.1, -0.05) is 17.8 Å². The fourth-order valence-electron chi connectivity index (χ4n) is 4.63. The summed E-state index contributed by atoms with van der Waals surface area (Å²) in [5.41, 5.74) is 0.651. The van der Waals surface area contributed by atoms with E-state index < -0.39 is 10.9 Å². The number of hydrogen-bond donors (Lipinski definition) is 1. The number of rotatable bonds is 4. The van der Waals surface area contributed by atoms with Gasteiger partial charge in [-0.3, -0.25) is 14.4 Å². The lowest BCUT2D eigenvalue weighted by atomic mass is 10.0. The Hall–Kier alpha value is -2.39. The van der Waals surface area contributed by atoms with Gasteiger partial charge in [-0.15, -0.1) is 0 Å². The number of carbonyl (C=O) groups excluding carboxylic acids is 3. The average molecular weight is 473 g/mol. The van der Waals surface area contributed by atoms with E-state index >= 15 is 0 Å². The van der Waals surface area contributed by atoms with E-state index in [1.54, 1.807) is 29.2 Å². The van der Waals surface area contributed by atoms with Crippen molar-refractivity contribution < 1.29 is 19.1 Å². The summed E-state index contributed by atoms with van der Waals surface area (Å²) < 4.78 is 5.89. The second-order valence-corrected chi connectivity index (χ2v) is 10.8. The van der Waals surface area contributed by atoms with Crippen LogP contribution in [0.3, 0.4) is 0 Å². The predicted octanol–water partition coefficient (Wildman–Crippen LogP) is 3.14. The Labute approximate surface area is 199 Å². The molecule has 1 aromatic carbocycles. The summed E-state index contributed by atoms with van der Waals surface area (Å²) in [6.45, 7) is 8.77. The Bertz CT molecular complexity index is 958. The van der Waals surface area contributed by atoms with Crippen LogP contribution in [-0.2, 0) is 14.3 Å². The highest BCUT2D eigenvalue weighted by Gasteiger charge is 2.35. The lowest BCUT2D eigenvalue weighted by molar-refractivity contribution is -0.121. The number of anilines is 1. The van der Waals surface area contributed by atoms with Crippen LogP contribution in [0.15, 0.2) is 29.3 Å². The van der Waals surface area contributed by atoms with Crippen LogP contribution in [0.5, 0.6) is 0 Å². The molecule has 0 saturated carbocycles. The third-order valence-electron chi connectivity index (χ3n) is 5.98. The Morgan fingerprint density at radius 2 is 2.00 bits per heavy atom. The zero-order valence-electron chi connectivity index (χ0n) is 19.5. The van der Waals surface area contributed by atoms with E-state index in [2.05, 4.69) is 15.2 Å². The van der Waals surface area contributed by atoms with Gasteiger partial charge in [0.15, 0.2) is 5.17 Å². The van der Waals surface area contributed by atoms with E-state index in [1.165, 1.54) is 18.2 Å². The van der Waals surface area contributed by atoms with Crippen molar-refractivity contribution in [2.24, 2.45) is 4.99 Å². The van der Waals surface area contributed by atoms with Gasteiger partial charge in [-0.05, 0) is 58.2 Å². The summed E-state index contributed by atoms with van der Waals surface area (Å²) in [4.78, 5) is 46.2. The summed E-state index contributed by atoms with van der Waals surface area (Å²) in [7, 11) is 0. The summed E-state index contributed by atoms with van der Waals surface area (Å²) in [6, 6.07) is 6.94. The molecule has 0 bridgehead atoms. The van der Waals surface area contributed by atoms with Crippen molar-refractivity contribution >= 4 is 40.3 Å². The molecule has 2 saturated heterocycles. The van der Waals surface area contributed by atoms with Crippen LogP contribution in [0, 0.1) is 0 Å². The Kier molecular flexibility index (Phi) is 7.09. The third kappa shape index (κ3) is 5.95. The number of nitrogens with one attached hydrogen (secondary N) is 1. The van der Waals surface area contributed by atoms with Crippen LogP contribution < -0.4 is 5.32 Å². The van der Waals surface area contributed by atoms with E-state index in [0.717, 1.165) is 31.1 Å². The minimum Gasteiger partial charge on any atom is -0.369 e. The van der Waals surface area contributed by atoms with Gasteiger partial charge in [0, 0.05) is 43.9 Å². The van der Waals surface area contributed by atoms with Crippen molar-refractivity contribution in [1.82, 2.24) is 9.80 Å². The molecule has 2 unspecified atom stereocenters. The van der Waals surface area contributed by atoms with Crippen LogP contribution in [0.4, 0.5) is 5.69 Å². The van der Waals surface area contributed by atoms with Gasteiger partial charge in [-0.25, -0.2) is 0 Å². The monoisotopic (exact) mass is 472 g/mol. The molecule has 3 heterocycles. The van der Waals surface area contributed by atoms with E-state index in [-0.39, 0.29) is 30.2 Å². The minimum atomic E-state index is -0.496. The number of thioether (sulfide) groups is 1. The molecular formula is C24H32N4O4S. The predicted molar refractivity (Wildman–Crippen MR) is 129 cm³/mol. The molecular weight excluding hydrogens is 440 g/mol. The number of hydrogen-bond acceptors (Lipinski definition) is 6. The van der Waals surface area contributed by atoms with Crippen molar-refractivity contribution in [2.75, 3.05) is 31.5 Å². The SMILES string of the molecule is CC1CN(C(=O)c2cccc(NC(=O)CC3SC(N4CCCCC4)=NC3=O)c2)CC(C)(C)O1. The van der Waals surface area contributed by atoms with Crippen LogP contribution in [-0.4, -0.2) is 75.8 Å². The quantitative estimate of drug-likeness (QED) is 0.724. The first kappa shape index (κ1) is 23.8. The van der Waals surface area contributed by atoms with Gasteiger partial charge in [0.05, 0.1) is 11.7 Å². The topological polar surface area (TPSA) is 91.3 Å². The normalized spacial score (nSPS) is 25.1. The van der Waals surface area contributed by atoms with E-state index in [1.807, 2.05) is 20.8 Å². The maximum absolute atomic E-state index is 13.1. The maximum Gasteiger partial charge on any atom is 0.262 e.